The lowest BCUT2D eigenvalue weighted by atomic mass is 10.2. The van der Waals surface area contributed by atoms with E-state index in [1.807, 2.05) is 6.92 Å². The van der Waals surface area contributed by atoms with Crippen molar-refractivity contribution >= 4 is 17.5 Å². The smallest absolute Gasteiger partial charge is 0.289 e. The van der Waals surface area contributed by atoms with E-state index in [-0.39, 0.29) is 17.9 Å². The fraction of sp³-hybridized carbons (Fsp3) is 0.600. The molecule has 0 aromatic heterocycles. The molecule has 0 spiro atoms. The summed E-state index contributed by atoms with van der Waals surface area (Å²) < 4.78 is 0. The third-order valence-corrected chi connectivity index (χ3v) is 1.76. The van der Waals surface area contributed by atoms with E-state index in [4.69, 9.17) is 14.9 Å². The molecule has 1 N–H and O–H groups in total. The standard InChI is InChI=1S/C10H14N4O3/c1-6(2)16-13-8(5-11)10(15)12-9-4-7(3)17-14-9/h6-7H,4H2,1-3H3,(H,12,14,15)/b13-8+. The van der Waals surface area contributed by atoms with Crippen LogP contribution in [0.1, 0.15) is 27.2 Å². The summed E-state index contributed by atoms with van der Waals surface area (Å²) in [5, 5.41) is 18.3. The minimum atomic E-state index is -0.649. The average molecular weight is 238 g/mol. The molecule has 1 unspecified atom stereocenters. The van der Waals surface area contributed by atoms with Crippen LogP contribution in [0, 0.1) is 11.3 Å². The molecule has 1 aliphatic heterocycles. The largest absolute Gasteiger partial charge is 0.392 e. The summed E-state index contributed by atoms with van der Waals surface area (Å²) in [6.45, 7) is 5.31. The Bertz CT molecular complexity index is 395. The van der Waals surface area contributed by atoms with E-state index in [1.54, 1.807) is 19.9 Å². The van der Waals surface area contributed by atoms with Crippen molar-refractivity contribution < 1.29 is 14.5 Å². The van der Waals surface area contributed by atoms with Crippen LogP contribution in [0.15, 0.2) is 10.3 Å². The van der Waals surface area contributed by atoms with Crippen LogP contribution >= 0.6 is 0 Å². The number of nitrogens with zero attached hydrogens (tertiary/aromatic N) is 3. The second-order valence-electron chi connectivity index (χ2n) is 3.82. The monoisotopic (exact) mass is 238 g/mol. The van der Waals surface area contributed by atoms with Crippen molar-refractivity contribution in [3.63, 3.8) is 0 Å². The molecule has 1 heterocycles. The highest BCUT2D eigenvalue weighted by Gasteiger charge is 2.21. The molecule has 0 radical (unpaired) electrons. The van der Waals surface area contributed by atoms with Crippen molar-refractivity contribution in [2.45, 2.75) is 39.4 Å². The Hall–Kier alpha value is -2.10. The number of rotatable bonds is 3. The first-order chi connectivity index (χ1) is 8.02. The maximum Gasteiger partial charge on any atom is 0.289 e. The maximum absolute atomic E-state index is 11.6. The molecule has 0 bridgehead atoms. The predicted molar refractivity (Wildman–Crippen MR) is 60.0 cm³/mol. The Morgan fingerprint density at radius 3 is 2.94 bits per heavy atom. The summed E-state index contributed by atoms with van der Waals surface area (Å²) in [6, 6.07) is 1.66. The first-order valence-electron chi connectivity index (χ1n) is 5.21. The molecule has 0 aliphatic carbocycles. The summed E-state index contributed by atoms with van der Waals surface area (Å²) in [7, 11) is 0. The Labute approximate surface area is 99.0 Å². The Morgan fingerprint density at radius 2 is 2.47 bits per heavy atom. The normalized spacial score (nSPS) is 19.4. The van der Waals surface area contributed by atoms with Crippen molar-refractivity contribution in [1.82, 2.24) is 5.32 Å². The van der Waals surface area contributed by atoms with Crippen molar-refractivity contribution in [1.29, 1.82) is 5.26 Å². The lowest BCUT2D eigenvalue weighted by Crippen LogP contribution is -2.35. The van der Waals surface area contributed by atoms with Crippen LogP contribution in [-0.2, 0) is 14.5 Å². The first kappa shape index (κ1) is 13.0. The number of amidine groups is 1. The zero-order chi connectivity index (χ0) is 12.8. The molecule has 17 heavy (non-hydrogen) atoms. The minimum absolute atomic E-state index is 0.0697. The molecule has 92 valence electrons. The number of hydrogen-bond acceptors (Lipinski definition) is 6. The van der Waals surface area contributed by atoms with Gasteiger partial charge >= 0.3 is 0 Å². The summed E-state index contributed by atoms with van der Waals surface area (Å²) in [5.74, 6) is -0.264. The molecular weight excluding hydrogens is 224 g/mol. The second-order valence-corrected chi connectivity index (χ2v) is 3.82. The van der Waals surface area contributed by atoms with Crippen molar-refractivity contribution in [2.24, 2.45) is 10.3 Å². The third-order valence-electron chi connectivity index (χ3n) is 1.76. The van der Waals surface area contributed by atoms with Gasteiger partial charge in [-0.05, 0) is 20.8 Å². The van der Waals surface area contributed by atoms with Gasteiger partial charge in [-0.2, -0.15) is 5.26 Å². The van der Waals surface area contributed by atoms with Gasteiger partial charge in [0.1, 0.15) is 18.3 Å². The molecule has 0 fully saturated rings. The third kappa shape index (κ3) is 4.10. The molecule has 1 aliphatic rings. The van der Waals surface area contributed by atoms with Gasteiger partial charge in [0, 0.05) is 6.42 Å². The lowest BCUT2D eigenvalue weighted by molar-refractivity contribution is -0.113. The SMILES string of the molecule is CC(C)O/N=C(\C#N)C(=O)NC1=NOC(C)C1. The average Bonchev–Trinajstić information content (AvgIpc) is 2.64. The van der Waals surface area contributed by atoms with E-state index in [9.17, 15) is 4.79 Å². The van der Waals surface area contributed by atoms with Crippen molar-refractivity contribution in [2.75, 3.05) is 0 Å². The number of carbonyl (C=O) groups is 1. The Balaban J connectivity index is 2.56. The second kappa shape index (κ2) is 5.84. The van der Waals surface area contributed by atoms with E-state index < -0.39 is 5.91 Å². The van der Waals surface area contributed by atoms with Crippen LogP contribution in [0.25, 0.3) is 0 Å². The van der Waals surface area contributed by atoms with Crippen LogP contribution < -0.4 is 5.32 Å². The van der Waals surface area contributed by atoms with Gasteiger partial charge in [-0.25, -0.2) is 0 Å². The fourth-order valence-corrected chi connectivity index (χ4v) is 1.04. The van der Waals surface area contributed by atoms with Crippen LogP contribution in [0.3, 0.4) is 0 Å². The van der Waals surface area contributed by atoms with Gasteiger partial charge < -0.3 is 15.0 Å². The summed E-state index contributed by atoms with van der Waals surface area (Å²) >= 11 is 0. The zero-order valence-corrected chi connectivity index (χ0v) is 9.93. The van der Waals surface area contributed by atoms with Gasteiger partial charge in [0.15, 0.2) is 5.84 Å². The molecule has 0 saturated heterocycles. The number of amides is 1. The van der Waals surface area contributed by atoms with E-state index in [0.29, 0.717) is 12.3 Å². The van der Waals surface area contributed by atoms with E-state index >= 15 is 0 Å². The van der Waals surface area contributed by atoms with Gasteiger partial charge in [0.05, 0.1) is 0 Å². The van der Waals surface area contributed by atoms with Gasteiger partial charge in [0.2, 0.25) is 5.71 Å². The highest BCUT2D eigenvalue weighted by Crippen LogP contribution is 2.07. The van der Waals surface area contributed by atoms with Gasteiger partial charge in [-0.3, -0.25) is 4.79 Å². The van der Waals surface area contributed by atoms with Crippen LogP contribution in [0.2, 0.25) is 0 Å². The Kier molecular flexibility index (Phi) is 4.46. The molecule has 7 nitrogen and oxygen atoms in total. The summed E-state index contributed by atoms with van der Waals surface area (Å²) in [6.07, 6.45) is 0.230. The first-order valence-corrected chi connectivity index (χ1v) is 5.21. The topological polar surface area (TPSA) is 96.1 Å². The molecule has 1 amide bonds. The molecule has 0 aromatic carbocycles. The summed E-state index contributed by atoms with van der Waals surface area (Å²) in [5.41, 5.74) is -0.346. The maximum atomic E-state index is 11.6. The highest BCUT2D eigenvalue weighted by atomic mass is 16.6. The number of nitriles is 1. The zero-order valence-electron chi connectivity index (χ0n) is 9.93. The number of nitrogens with one attached hydrogen (secondary N) is 1. The summed E-state index contributed by atoms with van der Waals surface area (Å²) in [4.78, 5) is 21.3. The van der Waals surface area contributed by atoms with Gasteiger partial charge in [-0.15, -0.1) is 0 Å². The van der Waals surface area contributed by atoms with Crippen LogP contribution in [0.5, 0.6) is 0 Å². The van der Waals surface area contributed by atoms with E-state index in [0.717, 1.165) is 0 Å². The number of carbonyl (C=O) groups excluding carboxylic acids is 1. The Morgan fingerprint density at radius 1 is 1.76 bits per heavy atom. The van der Waals surface area contributed by atoms with Gasteiger partial charge in [0.25, 0.3) is 5.91 Å². The lowest BCUT2D eigenvalue weighted by Gasteiger charge is -2.03. The molecular formula is C10H14N4O3. The number of hydrogen-bond donors (Lipinski definition) is 1. The van der Waals surface area contributed by atoms with E-state index in [1.165, 1.54) is 0 Å². The minimum Gasteiger partial charge on any atom is -0.392 e. The van der Waals surface area contributed by atoms with Crippen molar-refractivity contribution in [3.05, 3.63) is 0 Å². The van der Waals surface area contributed by atoms with Crippen LogP contribution in [-0.4, -0.2) is 29.7 Å². The molecule has 0 aromatic rings. The fourth-order valence-electron chi connectivity index (χ4n) is 1.04. The van der Waals surface area contributed by atoms with Gasteiger partial charge in [-0.1, -0.05) is 10.3 Å². The van der Waals surface area contributed by atoms with Crippen LogP contribution in [0.4, 0.5) is 0 Å². The predicted octanol–water partition coefficient (Wildman–Crippen LogP) is 0.529. The molecule has 7 heteroatoms. The molecule has 1 atom stereocenters. The molecule has 1 rings (SSSR count). The van der Waals surface area contributed by atoms with E-state index in [2.05, 4.69) is 15.6 Å². The molecule has 0 saturated carbocycles. The highest BCUT2D eigenvalue weighted by molar-refractivity contribution is 6.47. The number of oxime groups is 2. The van der Waals surface area contributed by atoms with Crippen molar-refractivity contribution in [3.8, 4) is 6.07 Å². The quantitative estimate of drug-likeness (QED) is 0.573.